The van der Waals surface area contributed by atoms with Crippen LogP contribution >= 0.6 is 0 Å². The summed E-state index contributed by atoms with van der Waals surface area (Å²) in [7, 11) is 5.90. The van der Waals surface area contributed by atoms with Gasteiger partial charge in [-0.05, 0) is 89.9 Å². The van der Waals surface area contributed by atoms with Crippen molar-refractivity contribution in [3.8, 4) is 0 Å². The Kier molecular flexibility index (Phi) is 39.0. The Hall–Kier alpha value is -4.57. The zero-order valence-corrected chi connectivity index (χ0v) is 38.3. The first-order valence-electron chi connectivity index (χ1n) is 22.3. The number of rotatable bonds is 38. The summed E-state index contributed by atoms with van der Waals surface area (Å²) >= 11 is 0. The summed E-state index contributed by atoms with van der Waals surface area (Å²) in [6, 6.07) is 0. The molecule has 0 aromatic carbocycles. The third-order valence-electron chi connectivity index (χ3n) is 8.42. The number of carbonyl (C=O) groups excluding carboxylic acids is 2. The standard InChI is InChI=1S/C52H79NO8/c1-6-8-10-12-14-16-18-20-22-24-25-27-29-31-33-35-37-39-41-43-50(55)61-48(47-60-52(51(56)57)58-45-44-53(3,4)5)46-59-49(54)42-40-38-36-34-32-30-28-26-23-21-19-17-15-13-11-9-7-2/h8-11,14-17,20-23,25,27-28,30-31,33-34,36-37,39,48,52H,6-7,12-13,18-19,24,26,29,32,35,38,40-47H2,1-5H3/p+1/b10-8-,11-9-,16-14-,17-15-,22-20-,23-21-,27-25-,30-28-,33-31-,36-34-,39-37-. The van der Waals surface area contributed by atoms with Crippen LogP contribution in [-0.4, -0.2) is 87.4 Å². The van der Waals surface area contributed by atoms with Crippen LogP contribution in [-0.2, 0) is 33.3 Å². The van der Waals surface area contributed by atoms with E-state index < -0.39 is 30.3 Å². The molecule has 0 spiro atoms. The number of ether oxygens (including phenoxy) is 4. The summed E-state index contributed by atoms with van der Waals surface area (Å²) in [5, 5.41) is 9.63. The number of hydrogen-bond donors (Lipinski definition) is 1. The van der Waals surface area contributed by atoms with Crippen LogP contribution in [0.4, 0.5) is 0 Å². The highest BCUT2D eigenvalue weighted by molar-refractivity contribution is 5.71. The summed E-state index contributed by atoms with van der Waals surface area (Å²) in [6.45, 7) is 4.44. The first-order chi connectivity index (χ1) is 29.6. The van der Waals surface area contributed by atoms with E-state index >= 15 is 0 Å². The highest BCUT2D eigenvalue weighted by Crippen LogP contribution is 2.08. The second-order valence-electron chi connectivity index (χ2n) is 15.2. The van der Waals surface area contributed by atoms with Gasteiger partial charge in [0, 0.05) is 12.8 Å². The molecule has 0 aliphatic carbocycles. The normalized spacial score (nSPS) is 14.2. The molecule has 0 saturated carbocycles. The van der Waals surface area contributed by atoms with Gasteiger partial charge >= 0.3 is 17.9 Å². The van der Waals surface area contributed by atoms with Crippen LogP contribution in [0, 0.1) is 0 Å². The Morgan fingerprint density at radius 2 is 0.885 bits per heavy atom. The summed E-state index contributed by atoms with van der Waals surface area (Å²) in [6.07, 6.45) is 56.8. The van der Waals surface area contributed by atoms with Crippen molar-refractivity contribution in [2.45, 2.75) is 129 Å². The molecule has 0 fully saturated rings. The Balaban J connectivity index is 4.70. The Morgan fingerprint density at radius 1 is 0.492 bits per heavy atom. The van der Waals surface area contributed by atoms with Crippen LogP contribution in [0.1, 0.15) is 117 Å². The maximum atomic E-state index is 12.7. The lowest BCUT2D eigenvalue weighted by atomic mass is 10.2. The molecule has 9 nitrogen and oxygen atoms in total. The van der Waals surface area contributed by atoms with Crippen molar-refractivity contribution < 1.29 is 42.9 Å². The van der Waals surface area contributed by atoms with E-state index in [0.717, 1.165) is 77.0 Å². The first-order valence-corrected chi connectivity index (χ1v) is 22.3. The smallest absolute Gasteiger partial charge is 0.361 e. The molecule has 0 amide bonds. The fourth-order valence-corrected chi connectivity index (χ4v) is 5.01. The Morgan fingerprint density at radius 3 is 1.28 bits per heavy atom. The predicted molar refractivity (Wildman–Crippen MR) is 253 cm³/mol. The fourth-order valence-electron chi connectivity index (χ4n) is 5.01. The van der Waals surface area contributed by atoms with Gasteiger partial charge in [0.2, 0.25) is 0 Å². The van der Waals surface area contributed by atoms with Crippen molar-refractivity contribution in [2.24, 2.45) is 0 Å². The van der Waals surface area contributed by atoms with Gasteiger partial charge in [-0.15, -0.1) is 0 Å². The lowest BCUT2D eigenvalue weighted by molar-refractivity contribution is -0.870. The molecular weight excluding hydrogens is 767 g/mol. The van der Waals surface area contributed by atoms with E-state index in [1.54, 1.807) is 0 Å². The minimum absolute atomic E-state index is 0.113. The average molecular weight is 847 g/mol. The van der Waals surface area contributed by atoms with E-state index in [4.69, 9.17) is 18.9 Å². The summed E-state index contributed by atoms with van der Waals surface area (Å²) in [5.41, 5.74) is 0. The highest BCUT2D eigenvalue weighted by Gasteiger charge is 2.25. The second-order valence-corrected chi connectivity index (χ2v) is 15.2. The van der Waals surface area contributed by atoms with E-state index in [9.17, 15) is 19.5 Å². The van der Waals surface area contributed by atoms with Gasteiger partial charge in [0.05, 0.1) is 34.4 Å². The van der Waals surface area contributed by atoms with Gasteiger partial charge in [-0.25, -0.2) is 4.79 Å². The quantitative estimate of drug-likeness (QED) is 0.0215. The van der Waals surface area contributed by atoms with Crippen LogP contribution in [0.15, 0.2) is 134 Å². The van der Waals surface area contributed by atoms with Crippen molar-refractivity contribution in [1.29, 1.82) is 0 Å². The van der Waals surface area contributed by atoms with Crippen molar-refractivity contribution in [1.82, 2.24) is 0 Å². The molecular formula is C52H80NO8+. The molecule has 0 heterocycles. The number of allylic oxidation sites excluding steroid dienone is 22. The molecule has 1 N–H and O–H groups in total. The molecule has 0 aromatic rings. The van der Waals surface area contributed by atoms with Crippen molar-refractivity contribution in [3.63, 3.8) is 0 Å². The molecule has 2 atom stereocenters. The SMILES string of the molecule is CC/C=C\C/C=C\C/C=C\C/C=C\C/C=C\C/C=C\CCC(=O)OC(COC(=O)CCC/C=C\C/C=C\C/C=C\C/C=C\C/C=C\CC)COC(OCC[N+](C)(C)C)C(=O)O. The van der Waals surface area contributed by atoms with Crippen molar-refractivity contribution in [2.75, 3.05) is 47.5 Å². The van der Waals surface area contributed by atoms with E-state index in [0.29, 0.717) is 23.9 Å². The molecule has 2 unspecified atom stereocenters. The fraction of sp³-hybridized carbons (Fsp3) is 0.519. The van der Waals surface area contributed by atoms with Gasteiger partial charge in [-0.2, -0.15) is 0 Å². The van der Waals surface area contributed by atoms with Crippen LogP contribution in [0.25, 0.3) is 0 Å². The van der Waals surface area contributed by atoms with Gasteiger partial charge in [-0.1, -0.05) is 148 Å². The number of unbranched alkanes of at least 4 members (excludes halogenated alkanes) is 1. The van der Waals surface area contributed by atoms with Gasteiger partial charge in [-0.3, -0.25) is 9.59 Å². The van der Waals surface area contributed by atoms with Crippen LogP contribution in [0.3, 0.4) is 0 Å². The van der Waals surface area contributed by atoms with Crippen LogP contribution in [0.5, 0.6) is 0 Å². The number of hydrogen-bond acceptors (Lipinski definition) is 7. The highest BCUT2D eigenvalue weighted by atomic mass is 16.7. The largest absolute Gasteiger partial charge is 0.477 e. The van der Waals surface area contributed by atoms with E-state index in [-0.39, 0.29) is 32.7 Å². The molecule has 340 valence electrons. The number of likely N-dealkylation sites (N-methyl/N-ethyl adjacent to an activating group) is 1. The third kappa shape index (κ3) is 43.3. The molecule has 0 bridgehead atoms. The van der Waals surface area contributed by atoms with Crippen LogP contribution in [0.2, 0.25) is 0 Å². The van der Waals surface area contributed by atoms with Crippen molar-refractivity contribution >= 4 is 17.9 Å². The third-order valence-corrected chi connectivity index (χ3v) is 8.42. The number of nitrogens with zero attached hydrogens (tertiary/aromatic N) is 1. The number of carbonyl (C=O) groups is 3. The minimum atomic E-state index is -1.55. The van der Waals surface area contributed by atoms with E-state index in [2.05, 4.69) is 129 Å². The molecule has 61 heavy (non-hydrogen) atoms. The van der Waals surface area contributed by atoms with Crippen molar-refractivity contribution in [3.05, 3.63) is 134 Å². The molecule has 0 aliphatic rings. The Bertz CT molecular complexity index is 1450. The zero-order chi connectivity index (χ0) is 44.9. The minimum Gasteiger partial charge on any atom is -0.477 e. The number of quaternary nitrogens is 1. The van der Waals surface area contributed by atoms with Crippen LogP contribution < -0.4 is 0 Å². The lowest BCUT2D eigenvalue weighted by Crippen LogP contribution is -2.40. The molecule has 0 aliphatic heterocycles. The summed E-state index contributed by atoms with van der Waals surface area (Å²) < 4.78 is 22.5. The van der Waals surface area contributed by atoms with Gasteiger partial charge in [0.15, 0.2) is 6.10 Å². The number of aliphatic carboxylic acids is 1. The second kappa shape index (κ2) is 42.1. The summed E-state index contributed by atoms with van der Waals surface area (Å²) in [4.78, 5) is 37.1. The van der Waals surface area contributed by atoms with E-state index in [1.165, 1.54) is 0 Å². The Labute approximate surface area is 369 Å². The van der Waals surface area contributed by atoms with Gasteiger partial charge in [0.1, 0.15) is 13.2 Å². The van der Waals surface area contributed by atoms with Gasteiger partial charge < -0.3 is 28.5 Å². The van der Waals surface area contributed by atoms with Gasteiger partial charge in [0.25, 0.3) is 6.29 Å². The predicted octanol–water partition coefficient (Wildman–Crippen LogP) is 12.0. The molecule has 0 aromatic heterocycles. The monoisotopic (exact) mass is 847 g/mol. The number of esters is 2. The molecule has 0 radical (unpaired) electrons. The molecule has 9 heteroatoms. The first kappa shape index (κ1) is 56.4. The topological polar surface area (TPSA) is 108 Å². The molecule has 0 saturated heterocycles. The van der Waals surface area contributed by atoms with E-state index in [1.807, 2.05) is 39.4 Å². The maximum Gasteiger partial charge on any atom is 0.361 e. The number of carboxylic acids is 1. The zero-order valence-electron chi connectivity index (χ0n) is 38.3. The average Bonchev–Trinajstić information content (AvgIpc) is 3.22. The summed E-state index contributed by atoms with van der Waals surface area (Å²) in [5.74, 6) is -2.23. The molecule has 0 rings (SSSR count). The number of carboxylic acid groups (broad SMARTS) is 1. The maximum absolute atomic E-state index is 12.7. The lowest BCUT2D eigenvalue weighted by Gasteiger charge is -2.25.